The van der Waals surface area contributed by atoms with Gasteiger partial charge in [0.2, 0.25) is 0 Å². The van der Waals surface area contributed by atoms with Crippen LogP contribution in [0.25, 0.3) is 0 Å². The zero-order valence-corrected chi connectivity index (χ0v) is 13.8. The summed E-state index contributed by atoms with van der Waals surface area (Å²) in [5.74, 6) is 1.46. The van der Waals surface area contributed by atoms with Crippen LogP contribution < -0.4 is 4.90 Å². The van der Waals surface area contributed by atoms with E-state index in [2.05, 4.69) is 15.9 Å². The summed E-state index contributed by atoms with van der Waals surface area (Å²) in [6.45, 7) is 0.575. The predicted molar refractivity (Wildman–Crippen MR) is 83.4 cm³/mol. The third kappa shape index (κ3) is 3.45. The molecule has 1 aliphatic rings. The number of thioether (sulfide) groups is 1. The summed E-state index contributed by atoms with van der Waals surface area (Å²) >= 11 is 5.02. The van der Waals surface area contributed by atoms with Crippen LogP contribution in [0.3, 0.4) is 0 Å². The molecule has 1 aromatic carbocycles. The molecule has 0 bridgehead atoms. The van der Waals surface area contributed by atoms with Gasteiger partial charge in [0.25, 0.3) is 0 Å². The second kappa shape index (κ2) is 6.03. The lowest BCUT2D eigenvalue weighted by Gasteiger charge is -2.37. The Bertz CT molecular complexity index is 562. The first-order chi connectivity index (χ1) is 8.93. The minimum Gasteiger partial charge on any atom is -0.392 e. The van der Waals surface area contributed by atoms with Crippen LogP contribution >= 0.6 is 27.7 Å². The minimum absolute atomic E-state index is 0.102. The van der Waals surface area contributed by atoms with E-state index in [0.717, 1.165) is 21.5 Å². The molecule has 1 fully saturated rings. The number of aliphatic hydroxyl groups is 1. The van der Waals surface area contributed by atoms with Gasteiger partial charge in [0, 0.05) is 40.0 Å². The Kier molecular flexibility index (Phi) is 4.81. The van der Waals surface area contributed by atoms with Crippen LogP contribution in [0.15, 0.2) is 22.7 Å². The Morgan fingerprint density at radius 1 is 1.53 bits per heavy atom. The van der Waals surface area contributed by atoms with Crippen molar-refractivity contribution in [2.24, 2.45) is 0 Å². The van der Waals surface area contributed by atoms with Gasteiger partial charge in [-0.05, 0) is 18.2 Å². The summed E-state index contributed by atoms with van der Waals surface area (Å²) in [5, 5.41) is 8.94. The fraction of sp³-hybridized carbons (Fsp3) is 0.500. The fourth-order valence-corrected chi connectivity index (χ4v) is 5.41. The molecule has 0 radical (unpaired) electrons. The first-order valence-electron chi connectivity index (χ1n) is 5.86. The van der Waals surface area contributed by atoms with Crippen LogP contribution in [0.2, 0.25) is 0 Å². The van der Waals surface area contributed by atoms with Gasteiger partial charge in [-0.15, -0.1) is 0 Å². The molecule has 0 spiro atoms. The minimum atomic E-state index is -3.15. The molecule has 2 rings (SSSR count). The highest BCUT2D eigenvalue weighted by Gasteiger charge is 2.32. The Labute approximate surface area is 126 Å². The van der Waals surface area contributed by atoms with Gasteiger partial charge in [-0.1, -0.05) is 15.9 Å². The molecule has 1 saturated heterocycles. The van der Waals surface area contributed by atoms with E-state index in [4.69, 9.17) is 0 Å². The van der Waals surface area contributed by atoms with E-state index in [0.29, 0.717) is 12.3 Å². The Morgan fingerprint density at radius 2 is 2.26 bits per heavy atom. The molecule has 0 aliphatic carbocycles. The maximum absolute atomic E-state index is 11.9. The highest BCUT2D eigenvalue weighted by Crippen LogP contribution is 2.31. The molecule has 19 heavy (non-hydrogen) atoms. The van der Waals surface area contributed by atoms with E-state index in [1.165, 1.54) is 6.26 Å². The van der Waals surface area contributed by atoms with Gasteiger partial charge in [-0.2, -0.15) is 11.8 Å². The highest BCUT2D eigenvalue weighted by atomic mass is 79.9. The number of hydrogen-bond donors (Lipinski definition) is 1. The van der Waals surface area contributed by atoms with Gasteiger partial charge in [0.15, 0.2) is 9.84 Å². The van der Waals surface area contributed by atoms with Gasteiger partial charge in [-0.3, -0.25) is 0 Å². The fourth-order valence-electron chi connectivity index (χ4n) is 2.17. The van der Waals surface area contributed by atoms with Crippen LogP contribution in [0, 0.1) is 0 Å². The summed E-state index contributed by atoms with van der Waals surface area (Å²) < 4.78 is 24.7. The lowest BCUT2D eigenvalue weighted by molar-refractivity contribution is 0.282. The molecule has 1 aliphatic heterocycles. The van der Waals surface area contributed by atoms with Crippen LogP contribution in [0.4, 0.5) is 5.69 Å². The molecule has 106 valence electrons. The van der Waals surface area contributed by atoms with Crippen molar-refractivity contribution in [1.82, 2.24) is 0 Å². The van der Waals surface area contributed by atoms with E-state index in [1.54, 1.807) is 11.8 Å². The average Bonchev–Trinajstić information content (AvgIpc) is 2.37. The van der Waals surface area contributed by atoms with Crippen LogP contribution in [0.5, 0.6) is 0 Å². The van der Waals surface area contributed by atoms with Crippen molar-refractivity contribution in [3.63, 3.8) is 0 Å². The standard InChI is InChI=1S/C12H16BrNO3S2/c1-19(16,17)12-8-18-5-4-14(12)11-3-2-10(13)6-9(11)7-15/h2-3,6,12,15H,4-5,7-8H2,1H3. The molecule has 1 heterocycles. The van der Waals surface area contributed by atoms with Gasteiger partial charge in [-0.25, -0.2) is 8.42 Å². The molecule has 0 aromatic heterocycles. The monoisotopic (exact) mass is 365 g/mol. The Balaban J connectivity index is 2.43. The van der Waals surface area contributed by atoms with Gasteiger partial charge in [0.05, 0.1) is 6.61 Å². The molecular formula is C12H16BrNO3S2. The van der Waals surface area contributed by atoms with Crippen molar-refractivity contribution >= 4 is 43.2 Å². The van der Waals surface area contributed by atoms with Crippen LogP contribution in [-0.2, 0) is 16.4 Å². The van der Waals surface area contributed by atoms with Crippen molar-refractivity contribution in [1.29, 1.82) is 0 Å². The largest absolute Gasteiger partial charge is 0.392 e. The summed E-state index contributed by atoms with van der Waals surface area (Å²) in [5.41, 5.74) is 1.55. The SMILES string of the molecule is CS(=O)(=O)C1CSCCN1c1ccc(Br)cc1CO. The number of rotatable bonds is 3. The Morgan fingerprint density at radius 3 is 2.89 bits per heavy atom. The maximum Gasteiger partial charge on any atom is 0.169 e. The molecule has 1 N–H and O–H groups in total. The first kappa shape index (κ1) is 15.2. The van der Waals surface area contributed by atoms with Crippen molar-refractivity contribution in [2.75, 3.05) is 29.2 Å². The number of sulfone groups is 1. The van der Waals surface area contributed by atoms with Crippen molar-refractivity contribution < 1.29 is 13.5 Å². The van der Waals surface area contributed by atoms with Gasteiger partial charge < -0.3 is 10.0 Å². The summed E-state index contributed by atoms with van der Waals surface area (Å²) in [4.78, 5) is 1.89. The third-order valence-corrected chi connectivity index (χ3v) is 6.24. The van der Waals surface area contributed by atoms with Crippen molar-refractivity contribution in [3.8, 4) is 0 Å². The van der Waals surface area contributed by atoms with Gasteiger partial charge >= 0.3 is 0 Å². The zero-order valence-electron chi connectivity index (χ0n) is 10.5. The number of hydrogen-bond acceptors (Lipinski definition) is 5. The first-order valence-corrected chi connectivity index (χ1v) is 9.76. The average molecular weight is 366 g/mol. The van der Waals surface area contributed by atoms with Crippen molar-refractivity contribution in [2.45, 2.75) is 12.0 Å². The molecule has 1 aromatic rings. The number of benzene rings is 1. The topological polar surface area (TPSA) is 57.6 Å². The Hall–Kier alpha value is -0.240. The quantitative estimate of drug-likeness (QED) is 0.885. The maximum atomic E-state index is 11.9. The summed E-state index contributed by atoms with van der Waals surface area (Å²) in [6.07, 6.45) is 1.27. The van der Waals surface area contributed by atoms with E-state index in [9.17, 15) is 13.5 Å². The molecule has 1 atom stereocenters. The number of halogens is 1. The number of anilines is 1. The molecular weight excluding hydrogens is 350 g/mol. The van der Waals surface area contributed by atoms with E-state index in [1.807, 2.05) is 23.1 Å². The zero-order chi connectivity index (χ0) is 14.0. The summed E-state index contributed by atoms with van der Waals surface area (Å²) in [6, 6.07) is 5.57. The molecule has 7 heteroatoms. The van der Waals surface area contributed by atoms with E-state index >= 15 is 0 Å². The second-order valence-corrected chi connectivity index (χ2v) is 8.75. The lowest BCUT2D eigenvalue weighted by atomic mass is 10.1. The highest BCUT2D eigenvalue weighted by molar-refractivity contribution is 9.10. The van der Waals surface area contributed by atoms with Crippen molar-refractivity contribution in [3.05, 3.63) is 28.2 Å². The second-order valence-electron chi connectivity index (χ2n) is 4.48. The van der Waals surface area contributed by atoms with Crippen LogP contribution in [0.1, 0.15) is 5.56 Å². The summed E-state index contributed by atoms with van der Waals surface area (Å²) in [7, 11) is -3.15. The number of aliphatic hydroxyl groups excluding tert-OH is 1. The molecule has 1 unspecified atom stereocenters. The number of nitrogens with zero attached hydrogens (tertiary/aromatic N) is 1. The smallest absolute Gasteiger partial charge is 0.169 e. The molecule has 4 nitrogen and oxygen atoms in total. The molecule has 0 saturated carbocycles. The van der Waals surface area contributed by atoms with Gasteiger partial charge in [0.1, 0.15) is 5.37 Å². The van der Waals surface area contributed by atoms with E-state index in [-0.39, 0.29) is 6.61 Å². The predicted octanol–water partition coefficient (Wildman–Crippen LogP) is 1.87. The van der Waals surface area contributed by atoms with Crippen LogP contribution in [-0.4, -0.2) is 43.2 Å². The third-order valence-electron chi connectivity index (χ3n) is 3.10. The lowest BCUT2D eigenvalue weighted by Crippen LogP contribution is -2.47. The molecule has 0 amide bonds. The normalized spacial score (nSPS) is 20.6. The van der Waals surface area contributed by atoms with E-state index < -0.39 is 15.2 Å².